The molecule has 0 saturated heterocycles. The third-order valence-corrected chi connectivity index (χ3v) is 3.82. The van der Waals surface area contributed by atoms with Gasteiger partial charge < -0.3 is 29.6 Å². The van der Waals surface area contributed by atoms with Crippen molar-refractivity contribution in [1.29, 1.82) is 0 Å². The molecule has 0 spiro atoms. The molecule has 0 aliphatic carbocycles. The average Bonchev–Trinajstić information content (AvgIpc) is 2.69. The zero-order chi connectivity index (χ0) is 20.5. The number of rotatable bonds is 10. The van der Waals surface area contributed by atoms with Gasteiger partial charge in [-0.15, -0.1) is 0 Å². The highest BCUT2D eigenvalue weighted by atomic mass is 16.5. The van der Waals surface area contributed by atoms with Gasteiger partial charge >= 0.3 is 0 Å². The number of methoxy groups -OCH3 is 4. The van der Waals surface area contributed by atoms with E-state index in [4.69, 9.17) is 18.9 Å². The van der Waals surface area contributed by atoms with Crippen molar-refractivity contribution >= 4 is 17.5 Å². The van der Waals surface area contributed by atoms with Crippen LogP contribution in [0.5, 0.6) is 17.2 Å². The molecule has 0 atom stereocenters. The van der Waals surface area contributed by atoms with Gasteiger partial charge in [-0.25, -0.2) is 9.97 Å². The van der Waals surface area contributed by atoms with Crippen molar-refractivity contribution in [1.82, 2.24) is 15.3 Å². The number of ether oxygens (including phenoxy) is 4. The lowest BCUT2D eigenvalue weighted by Crippen LogP contribution is -2.26. The van der Waals surface area contributed by atoms with Crippen molar-refractivity contribution in [3.8, 4) is 17.2 Å². The number of aromatic nitrogens is 2. The van der Waals surface area contributed by atoms with Crippen LogP contribution in [-0.2, 0) is 4.74 Å². The highest BCUT2D eigenvalue weighted by molar-refractivity contribution is 5.92. The van der Waals surface area contributed by atoms with Gasteiger partial charge in [0, 0.05) is 43.8 Å². The molecule has 0 fully saturated rings. The second-order valence-electron chi connectivity index (χ2n) is 5.86. The molecule has 9 heteroatoms. The van der Waals surface area contributed by atoms with Crippen LogP contribution in [0.15, 0.2) is 18.2 Å². The Morgan fingerprint density at radius 2 is 1.68 bits per heavy atom. The Bertz CT molecular complexity index is 788. The van der Waals surface area contributed by atoms with Gasteiger partial charge in [-0.3, -0.25) is 4.79 Å². The van der Waals surface area contributed by atoms with Gasteiger partial charge in [-0.2, -0.15) is 0 Å². The second-order valence-corrected chi connectivity index (χ2v) is 5.86. The van der Waals surface area contributed by atoms with Crippen LogP contribution in [0, 0.1) is 6.92 Å². The molecule has 152 valence electrons. The Kier molecular flexibility index (Phi) is 7.82. The SMILES string of the molecule is COCCCNC(=O)c1cc(C)nc(Nc2cc(OC)c(OC)c(OC)c2)n1. The number of aryl methyl sites for hydroxylation is 1. The van der Waals surface area contributed by atoms with E-state index >= 15 is 0 Å². The Morgan fingerprint density at radius 3 is 2.25 bits per heavy atom. The first-order valence-electron chi connectivity index (χ1n) is 8.72. The summed E-state index contributed by atoms with van der Waals surface area (Å²) >= 11 is 0. The highest BCUT2D eigenvalue weighted by Crippen LogP contribution is 2.40. The number of anilines is 2. The Balaban J connectivity index is 2.22. The summed E-state index contributed by atoms with van der Waals surface area (Å²) in [6.07, 6.45) is 0.725. The number of hydrogen-bond acceptors (Lipinski definition) is 8. The molecule has 0 saturated carbocycles. The van der Waals surface area contributed by atoms with E-state index in [1.165, 1.54) is 21.3 Å². The maximum absolute atomic E-state index is 12.3. The van der Waals surface area contributed by atoms with Gasteiger partial charge in [-0.1, -0.05) is 0 Å². The topological polar surface area (TPSA) is 104 Å². The molecular weight excluding hydrogens is 364 g/mol. The summed E-state index contributed by atoms with van der Waals surface area (Å²) in [5.74, 6) is 1.49. The Labute approximate surface area is 164 Å². The van der Waals surface area contributed by atoms with Gasteiger partial charge in [-0.05, 0) is 19.4 Å². The van der Waals surface area contributed by atoms with Gasteiger partial charge in [0.15, 0.2) is 11.5 Å². The predicted octanol–water partition coefficient (Wildman–Crippen LogP) is 2.32. The molecular formula is C19H26N4O5. The maximum atomic E-state index is 12.3. The minimum atomic E-state index is -0.269. The van der Waals surface area contributed by atoms with Crippen molar-refractivity contribution in [2.75, 3.05) is 46.9 Å². The van der Waals surface area contributed by atoms with E-state index in [1.54, 1.807) is 32.2 Å². The molecule has 1 heterocycles. The van der Waals surface area contributed by atoms with Crippen LogP contribution in [0.4, 0.5) is 11.6 Å². The van der Waals surface area contributed by atoms with E-state index in [1.807, 2.05) is 0 Å². The van der Waals surface area contributed by atoms with Crippen molar-refractivity contribution in [2.45, 2.75) is 13.3 Å². The molecule has 0 unspecified atom stereocenters. The Morgan fingerprint density at radius 1 is 1.00 bits per heavy atom. The number of benzene rings is 1. The first-order valence-corrected chi connectivity index (χ1v) is 8.72. The van der Waals surface area contributed by atoms with Crippen LogP contribution in [0.1, 0.15) is 22.6 Å². The van der Waals surface area contributed by atoms with Crippen LogP contribution in [0.25, 0.3) is 0 Å². The standard InChI is InChI=1S/C19H26N4O5/c1-12-9-14(18(24)20-7-6-8-25-2)23-19(21-12)22-13-10-15(26-3)17(28-5)16(11-13)27-4/h9-11H,6-8H2,1-5H3,(H,20,24)(H,21,22,23). The van der Waals surface area contributed by atoms with E-state index < -0.39 is 0 Å². The molecule has 9 nitrogen and oxygen atoms in total. The molecule has 2 aromatic rings. The molecule has 1 amide bonds. The van der Waals surface area contributed by atoms with Crippen molar-refractivity contribution in [3.05, 3.63) is 29.6 Å². The summed E-state index contributed by atoms with van der Waals surface area (Å²) in [6, 6.07) is 5.10. The molecule has 1 aromatic carbocycles. The van der Waals surface area contributed by atoms with Gasteiger partial charge in [0.2, 0.25) is 11.7 Å². The number of amides is 1. The van der Waals surface area contributed by atoms with Crippen LogP contribution in [-0.4, -0.2) is 57.5 Å². The zero-order valence-electron chi connectivity index (χ0n) is 16.8. The molecule has 2 rings (SSSR count). The fourth-order valence-corrected chi connectivity index (χ4v) is 2.53. The molecule has 2 N–H and O–H groups in total. The summed E-state index contributed by atoms with van der Waals surface area (Å²) in [6.45, 7) is 2.88. The predicted molar refractivity (Wildman–Crippen MR) is 105 cm³/mol. The molecule has 0 bridgehead atoms. The van der Waals surface area contributed by atoms with Crippen molar-refractivity contribution < 1.29 is 23.7 Å². The summed E-state index contributed by atoms with van der Waals surface area (Å²) in [7, 11) is 6.23. The summed E-state index contributed by atoms with van der Waals surface area (Å²) in [5.41, 5.74) is 1.57. The van der Waals surface area contributed by atoms with Crippen LogP contribution >= 0.6 is 0 Å². The summed E-state index contributed by atoms with van der Waals surface area (Å²) in [5, 5.41) is 5.89. The molecule has 0 aliphatic rings. The molecule has 28 heavy (non-hydrogen) atoms. The minimum Gasteiger partial charge on any atom is -0.493 e. The van der Waals surface area contributed by atoms with E-state index in [-0.39, 0.29) is 17.5 Å². The zero-order valence-corrected chi connectivity index (χ0v) is 16.8. The number of carbonyl (C=O) groups excluding carboxylic acids is 1. The molecule has 0 radical (unpaired) electrons. The molecule has 0 aliphatic heterocycles. The number of nitrogens with zero attached hydrogens (tertiary/aromatic N) is 2. The van der Waals surface area contributed by atoms with Gasteiger partial charge in [0.1, 0.15) is 5.69 Å². The second kappa shape index (κ2) is 10.3. The largest absolute Gasteiger partial charge is 0.493 e. The lowest BCUT2D eigenvalue weighted by Gasteiger charge is -2.15. The third kappa shape index (κ3) is 5.46. The van der Waals surface area contributed by atoms with E-state index in [0.29, 0.717) is 41.8 Å². The van der Waals surface area contributed by atoms with Crippen LogP contribution in [0.2, 0.25) is 0 Å². The lowest BCUT2D eigenvalue weighted by molar-refractivity contribution is 0.0943. The monoisotopic (exact) mass is 390 g/mol. The van der Waals surface area contributed by atoms with Gasteiger partial charge in [0.25, 0.3) is 5.91 Å². The number of carbonyl (C=O) groups is 1. The fourth-order valence-electron chi connectivity index (χ4n) is 2.53. The fraction of sp³-hybridized carbons (Fsp3) is 0.421. The van der Waals surface area contributed by atoms with Crippen LogP contribution < -0.4 is 24.8 Å². The smallest absolute Gasteiger partial charge is 0.270 e. The highest BCUT2D eigenvalue weighted by Gasteiger charge is 2.15. The summed E-state index contributed by atoms with van der Waals surface area (Å²) in [4.78, 5) is 21.0. The van der Waals surface area contributed by atoms with Crippen LogP contribution in [0.3, 0.4) is 0 Å². The van der Waals surface area contributed by atoms with E-state index in [2.05, 4.69) is 20.6 Å². The quantitative estimate of drug-likeness (QED) is 0.596. The molecule has 1 aromatic heterocycles. The first kappa shape index (κ1) is 21.2. The Hall–Kier alpha value is -3.07. The van der Waals surface area contributed by atoms with Crippen molar-refractivity contribution in [3.63, 3.8) is 0 Å². The lowest BCUT2D eigenvalue weighted by atomic mass is 10.2. The summed E-state index contributed by atoms with van der Waals surface area (Å²) < 4.78 is 21.0. The first-order chi connectivity index (χ1) is 13.5. The number of hydrogen-bond donors (Lipinski definition) is 2. The minimum absolute atomic E-state index is 0.269. The number of nitrogens with one attached hydrogen (secondary N) is 2. The van der Waals surface area contributed by atoms with Crippen molar-refractivity contribution in [2.24, 2.45) is 0 Å². The normalized spacial score (nSPS) is 10.3. The van der Waals surface area contributed by atoms with E-state index in [9.17, 15) is 4.79 Å². The third-order valence-electron chi connectivity index (χ3n) is 3.82. The maximum Gasteiger partial charge on any atom is 0.270 e. The average molecular weight is 390 g/mol. The van der Waals surface area contributed by atoms with Gasteiger partial charge in [0.05, 0.1) is 21.3 Å². The van der Waals surface area contributed by atoms with E-state index in [0.717, 1.165) is 6.42 Å².